The minimum Gasteiger partial charge on any atom is -0.379 e. The maximum absolute atomic E-state index is 12.9. The van der Waals surface area contributed by atoms with E-state index in [1.807, 2.05) is 38.1 Å². The van der Waals surface area contributed by atoms with Gasteiger partial charge in [0.05, 0.1) is 13.2 Å². The molecular weight excluding hydrogens is 432 g/mol. The molecule has 1 aromatic heterocycles. The van der Waals surface area contributed by atoms with Crippen LogP contribution < -0.4 is 5.32 Å². The zero-order chi connectivity index (χ0) is 22.0. The first-order chi connectivity index (χ1) is 14.8. The summed E-state index contributed by atoms with van der Waals surface area (Å²) >= 11 is 1.21. The number of thiophene rings is 1. The number of benzene rings is 2. The Morgan fingerprint density at radius 2 is 1.77 bits per heavy atom. The Morgan fingerprint density at radius 3 is 2.52 bits per heavy atom. The summed E-state index contributed by atoms with van der Waals surface area (Å²) in [6, 6.07) is 16.4. The highest BCUT2D eigenvalue weighted by Gasteiger charge is 2.28. The predicted octanol–water partition coefficient (Wildman–Crippen LogP) is 4.31. The first-order valence-corrected chi connectivity index (χ1v) is 12.3. The van der Waals surface area contributed by atoms with Gasteiger partial charge in [-0.05, 0) is 66.9 Å². The molecule has 4 rings (SSSR count). The molecule has 1 saturated heterocycles. The molecule has 0 aliphatic carbocycles. The highest BCUT2D eigenvalue weighted by Crippen LogP contribution is 2.33. The number of carbonyl (C=O) groups is 1. The predicted molar refractivity (Wildman–Crippen MR) is 123 cm³/mol. The van der Waals surface area contributed by atoms with Crippen molar-refractivity contribution in [3.05, 3.63) is 71.3 Å². The van der Waals surface area contributed by atoms with Crippen LogP contribution in [0.4, 0.5) is 5.69 Å². The van der Waals surface area contributed by atoms with E-state index < -0.39 is 10.0 Å². The van der Waals surface area contributed by atoms with Crippen molar-refractivity contribution in [3.8, 4) is 10.4 Å². The number of hydrogen-bond donors (Lipinski definition) is 1. The number of amides is 1. The van der Waals surface area contributed by atoms with Crippen molar-refractivity contribution in [2.45, 2.75) is 18.1 Å². The molecule has 1 N–H and O–H groups in total. The van der Waals surface area contributed by atoms with E-state index in [4.69, 9.17) is 4.74 Å². The minimum absolute atomic E-state index is 0.206. The SMILES string of the molecule is Cc1ccc(NC(=O)c2cccc(-c3ccc(S(=O)(=O)N4CCOCC4)s3)c2)cc1C. The number of hydrogen-bond acceptors (Lipinski definition) is 5. The van der Waals surface area contributed by atoms with Gasteiger partial charge in [0.2, 0.25) is 0 Å². The molecule has 2 heterocycles. The van der Waals surface area contributed by atoms with Gasteiger partial charge in [-0.3, -0.25) is 4.79 Å². The number of nitrogens with zero attached hydrogens (tertiary/aromatic N) is 1. The molecular formula is C23H24N2O4S2. The van der Waals surface area contributed by atoms with Gasteiger partial charge >= 0.3 is 0 Å². The van der Waals surface area contributed by atoms with Crippen LogP contribution in [0.1, 0.15) is 21.5 Å². The van der Waals surface area contributed by atoms with Crippen LogP contribution in [0.3, 0.4) is 0 Å². The molecule has 162 valence electrons. The monoisotopic (exact) mass is 456 g/mol. The Labute approximate surface area is 186 Å². The Bertz CT molecular complexity index is 1210. The standard InChI is InChI=1S/C23H24N2O4S2/c1-16-6-7-20(14-17(16)2)24-23(26)19-5-3-4-18(15-19)21-8-9-22(30-21)31(27,28)25-10-12-29-13-11-25/h3-9,14-15H,10-13H2,1-2H3,(H,24,26). The van der Waals surface area contributed by atoms with Crippen molar-refractivity contribution in [1.29, 1.82) is 0 Å². The van der Waals surface area contributed by atoms with Crippen LogP contribution in [0.25, 0.3) is 10.4 Å². The van der Waals surface area contributed by atoms with Crippen molar-refractivity contribution in [1.82, 2.24) is 4.31 Å². The van der Waals surface area contributed by atoms with Crippen molar-refractivity contribution in [2.24, 2.45) is 0 Å². The summed E-state index contributed by atoms with van der Waals surface area (Å²) in [6.07, 6.45) is 0. The molecule has 3 aromatic rings. The van der Waals surface area contributed by atoms with Gasteiger partial charge in [-0.2, -0.15) is 4.31 Å². The zero-order valence-electron chi connectivity index (χ0n) is 17.4. The summed E-state index contributed by atoms with van der Waals surface area (Å²) in [5.74, 6) is -0.206. The van der Waals surface area contributed by atoms with Crippen molar-refractivity contribution < 1.29 is 17.9 Å². The molecule has 0 bridgehead atoms. The van der Waals surface area contributed by atoms with Crippen molar-refractivity contribution >= 4 is 33.0 Å². The van der Waals surface area contributed by atoms with Crippen LogP contribution in [0, 0.1) is 13.8 Å². The van der Waals surface area contributed by atoms with Gasteiger partial charge in [-0.1, -0.05) is 18.2 Å². The minimum atomic E-state index is -3.53. The fourth-order valence-electron chi connectivity index (χ4n) is 3.36. The highest BCUT2D eigenvalue weighted by molar-refractivity contribution is 7.91. The summed E-state index contributed by atoms with van der Waals surface area (Å²) in [6.45, 7) is 5.58. The lowest BCUT2D eigenvalue weighted by molar-refractivity contribution is 0.0731. The number of aryl methyl sites for hydroxylation is 2. The van der Waals surface area contributed by atoms with E-state index in [0.717, 1.165) is 21.7 Å². The molecule has 1 aliphatic rings. The van der Waals surface area contributed by atoms with E-state index in [0.29, 0.717) is 36.1 Å². The maximum Gasteiger partial charge on any atom is 0.255 e. The number of rotatable bonds is 5. The largest absolute Gasteiger partial charge is 0.379 e. The average Bonchev–Trinajstić information content (AvgIpc) is 3.28. The number of anilines is 1. The molecule has 0 unspecified atom stereocenters. The zero-order valence-corrected chi connectivity index (χ0v) is 19.1. The fraction of sp³-hybridized carbons (Fsp3) is 0.261. The molecule has 0 atom stereocenters. The summed E-state index contributed by atoms with van der Waals surface area (Å²) in [5.41, 5.74) is 4.34. The average molecular weight is 457 g/mol. The quantitative estimate of drug-likeness (QED) is 0.621. The molecule has 8 heteroatoms. The lowest BCUT2D eigenvalue weighted by Crippen LogP contribution is -2.40. The molecule has 2 aromatic carbocycles. The lowest BCUT2D eigenvalue weighted by Gasteiger charge is -2.25. The van der Waals surface area contributed by atoms with E-state index in [1.54, 1.807) is 30.3 Å². The van der Waals surface area contributed by atoms with Crippen LogP contribution in [0.5, 0.6) is 0 Å². The van der Waals surface area contributed by atoms with Crippen LogP contribution in [-0.2, 0) is 14.8 Å². The van der Waals surface area contributed by atoms with Gasteiger partial charge in [0.25, 0.3) is 15.9 Å². The Morgan fingerprint density at radius 1 is 1.00 bits per heavy atom. The number of carbonyl (C=O) groups excluding carboxylic acids is 1. The van der Waals surface area contributed by atoms with Crippen LogP contribution in [0.15, 0.2) is 58.8 Å². The molecule has 0 saturated carbocycles. The van der Waals surface area contributed by atoms with Gasteiger partial charge in [0, 0.05) is 29.2 Å². The molecule has 1 amide bonds. The summed E-state index contributed by atoms with van der Waals surface area (Å²) < 4.78 is 32.8. The van der Waals surface area contributed by atoms with Gasteiger partial charge < -0.3 is 10.1 Å². The Balaban J connectivity index is 1.54. The summed E-state index contributed by atoms with van der Waals surface area (Å²) in [5, 5.41) is 2.93. The lowest BCUT2D eigenvalue weighted by atomic mass is 10.1. The van der Waals surface area contributed by atoms with Gasteiger partial charge in [-0.15, -0.1) is 11.3 Å². The third kappa shape index (κ3) is 4.72. The van der Waals surface area contributed by atoms with Crippen molar-refractivity contribution in [2.75, 3.05) is 31.6 Å². The Kier molecular flexibility index (Phi) is 6.24. The second kappa shape index (κ2) is 8.92. The van der Waals surface area contributed by atoms with E-state index in [1.165, 1.54) is 21.2 Å². The highest BCUT2D eigenvalue weighted by atomic mass is 32.2. The Hall–Kier alpha value is -2.52. The van der Waals surface area contributed by atoms with E-state index >= 15 is 0 Å². The molecule has 1 aliphatic heterocycles. The van der Waals surface area contributed by atoms with E-state index in [-0.39, 0.29) is 5.91 Å². The van der Waals surface area contributed by atoms with Crippen LogP contribution >= 0.6 is 11.3 Å². The maximum atomic E-state index is 12.9. The normalized spacial score (nSPS) is 15.0. The summed E-state index contributed by atoms with van der Waals surface area (Å²) in [4.78, 5) is 13.5. The van der Waals surface area contributed by atoms with E-state index in [9.17, 15) is 13.2 Å². The third-order valence-corrected chi connectivity index (χ3v) is 8.82. The number of ether oxygens (including phenoxy) is 1. The molecule has 1 fully saturated rings. The second-order valence-electron chi connectivity index (χ2n) is 7.47. The number of morpholine rings is 1. The first-order valence-electron chi connectivity index (χ1n) is 10.0. The molecule has 0 radical (unpaired) electrons. The number of sulfonamides is 1. The fourth-order valence-corrected chi connectivity index (χ4v) is 6.23. The summed E-state index contributed by atoms with van der Waals surface area (Å²) in [7, 11) is -3.53. The topological polar surface area (TPSA) is 75.7 Å². The van der Waals surface area contributed by atoms with Crippen LogP contribution in [-0.4, -0.2) is 44.9 Å². The van der Waals surface area contributed by atoms with Crippen LogP contribution in [0.2, 0.25) is 0 Å². The third-order valence-electron chi connectivity index (χ3n) is 5.32. The second-order valence-corrected chi connectivity index (χ2v) is 10.7. The molecule has 6 nitrogen and oxygen atoms in total. The van der Waals surface area contributed by atoms with Gasteiger partial charge in [0.1, 0.15) is 4.21 Å². The van der Waals surface area contributed by atoms with Gasteiger partial charge in [-0.25, -0.2) is 8.42 Å². The first kappa shape index (κ1) is 21.7. The van der Waals surface area contributed by atoms with Gasteiger partial charge in [0.15, 0.2) is 0 Å². The number of nitrogens with one attached hydrogen (secondary N) is 1. The molecule has 0 spiro atoms. The smallest absolute Gasteiger partial charge is 0.255 e. The van der Waals surface area contributed by atoms with E-state index in [2.05, 4.69) is 5.32 Å². The van der Waals surface area contributed by atoms with Crippen molar-refractivity contribution in [3.63, 3.8) is 0 Å². The molecule has 31 heavy (non-hydrogen) atoms.